The first-order valence-corrected chi connectivity index (χ1v) is 3.86. The average Bonchev–Trinajstić information content (AvgIpc) is 2.28. The molecule has 0 bridgehead atoms. The summed E-state index contributed by atoms with van der Waals surface area (Å²) >= 11 is 0. The van der Waals surface area contributed by atoms with Crippen LogP contribution in [-0.4, -0.2) is 6.61 Å². The molecule has 0 unspecified atom stereocenters. The van der Waals surface area contributed by atoms with E-state index in [1.165, 1.54) is 11.1 Å². The SMILES string of the molecule is [C]1CCOCc2ccccc21. The van der Waals surface area contributed by atoms with Crippen molar-refractivity contribution in [2.24, 2.45) is 0 Å². The molecule has 0 fully saturated rings. The molecular formula is C10H10O. The normalized spacial score (nSPS) is 17.1. The number of fused-ring (bicyclic) bond motifs is 1. The molecule has 1 aliphatic heterocycles. The highest BCUT2D eigenvalue weighted by atomic mass is 16.5. The second-order valence-corrected chi connectivity index (χ2v) is 2.64. The van der Waals surface area contributed by atoms with E-state index in [2.05, 4.69) is 18.6 Å². The first-order valence-electron chi connectivity index (χ1n) is 3.86. The van der Waals surface area contributed by atoms with Crippen LogP contribution in [0.5, 0.6) is 0 Å². The molecule has 0 saturated carbocycles. The van der Waals surface area contributed by atoms with E-state index < -0.39 is 0 Å². The Morgan fingerprint density at radius 1 is 1.27 bits per heavy atom. The molecule has 1 nitrogen and oxygen atoms in total. The Morgan fingerprint density at radius 2 is 2.18 bits per heavy atom. The van der Waals surface area contributed by atoms with Gasteiger partial charge in [0.25, 0.3) is 0 Å². The van der Waals surface area contributed by atoms with Gasteiger partial charge in [-0.15, -0.1) is 0 Å². The van der Waals surface area contributed by atoms with Crippen LogP contribution in [0.1, 0.15) is 17.5 Å². The summed E-state index contributed by atoms with van der Waals surface area (Å²) in [4.78, 5) is 0. The fraction of sp³-hybridized carbons (Fsp3) is 0.300. The molecule has 11 heavy (non-hydrogen) atoms. The van der Waals surface area contributed by atoms with Crippen LogP contribution in [0.15, 0.2) is 24.3 Å². The Labute approximate surface area is 67.0 Å². The summed E-state index contributed by atoms with van der Waals surface area (Å²) in [6, 6.07) is 8.25. The molecular weight excluding hydrogens is 136 g/mol. The van der Waals surface area contributed by atoms with E-state index in [1.807, 2.05) is 12.1 Å². The lowest BCUT2D eigenvalue weighted by molar-refractivity contribution is 0.128. The number of hydrogen-bond donors (Lipinski definition) is 0. The van der Waals surface area contributed by atoms with Gasteiger partial charge in [-0.3, -0.25) is 0 Å². The third-order valence-electron chi connectivity index (χ3n) is 1.84. The van der Waals surface area contributed by atoms with Crippen LogP contribution in [0, 0.1) is 6.42 Å². The molecule has 0 amide bonds. The maximum atomic E-state index is 5.36. The molecule has 1 aromatic rings. The van der Waals surface area contributed by atoms with Crippen LogP contribution in [0.2, 0.25) is 0 Å². The Hall–Kier alpha value is -0.820. The Kier molecular flexibility index (Phi) is 1.91. The van der Waals surface area contributed by atoms with Gasteiger partial charge < -0.3 is 4.74 Å². The van der Waals surface area contributed by atoms with Gasteiger partial charge in [0.2, 0.25) is 0 Å². The van der Waals surface area contributed by atoms with Crippen molar-refractivity contribution in [3.05, 3.63) is 41.8 Å². The van der Waals surface area contributed by atoms with E-state index in [-0.39, 0.29) is 0 Å². The zero-order valence-electron chi connectivity index (χ0n) is 6.34. The van der Waals surface area contributed by atoms with Gasteiger partial charge in [-0.05, 0) is 17.5 Å². The highest BCUT2D eigenvalue weighted by Crippen LogP contribution is 2.17. The minimum atomic E-state index is 0.739. The van der Waals surface area contributed by atoms with Gasteiger partial charge in [0.15, 0.2) is 0 Å². The molecule has 0 saturated heterocycles. The monoisotopic (exact) mass is 146 g/mol. The van der Waals surface area contributed by atoms with Crippen molar-refractivity contribution in [2.45, 2.75) is 13.0 Å². The summed E-state index contributed by atoms with van der Waals surface area (Å²) in [6.07, 6.45) is 4.21. The van der Waals surface area contributed by atoms with Crippen molar-refractivity contribution in [2.75, 3.05) is 6.61 Å². The first-order chi connectivity index (χ1) is 5.47. The summed E-state index contributed by atoms with van der Waals surface area (Å²) in [7, 11) is 0. The third-order valence-corrected chi connectivity index (χ3v) is 1.84. The fourth-order valence-corrected chi connectivity index (χ4v) is 1.26. The van der Waals surface area contributed by atoms with Crippen LogP contribution in [-0.2, 0) is 11.3 Å². The summed E-state index contributed by atoms with van der Waals surface area (Å²) in [6.45, 7) is 1.54. The zero-order chi connectivity index (χ0) is 7.52. The second kappa shape index (κ2) is 3.05. The number of rotatable bonds is 0. The van der Waals surface area contributed by atoms with Crippen molar-refractivity contribution in [3.63, 3.8) is 0 Å². The lowest BCUT2D eigenvalue weighted by Crippen LogP contribution is -1.90. The van der Waals surface area contributed by atoms with Crippen molar-refractivity contribution in [1.82, 2.24) is 0 Å². The lowest BCUT2D eigenvalue weighted by Gasteiger charge is -2.01. The topological polar surface area (TPSA) is 9.23 Å². The Bertz CT molecular complexity index is 217. The van der Waals surface area contributed by atoms with E-state index in [9.17, 15) is 0 Å². The van der Waals surface area contributed by atoms with Crippen molar-refractivity contribution < 1.29 is 4.74 Å². The highest BCUT2D eigenvalue weighted by Gasteiger charge is 2.06. The van der Waals surface area contributed by atoms with E-state index in [1.54, 1.807) is 0 Å². The quantitative estimate of drug-likeness (QED) is 0.544. The molecule has 1 heteroatoms. The number of ether oxygens (including phenoxy) is 1. The van der Waals surface area contributed by atoms with Crippen LogP contribution in [0.4, 0.5) is 0 Å². The summed E-state index contributed by atoms with van der Waals surface area (Å²) in [5.74, 6) is 0. The predicted molar refractivity (Wildman–Crippen MR) is 43.1 cm³/mol. The largest absolute Gasteiger partial charge is 0.377 e. The van der Waals surface area contributed by atoms with Crippen LogP contribution in [0.3, 0.4) is 0 Å². The number of benzene rings is 1. The Morgan fingerprint density at radius 3 is 3.18 bits per heavy atom. The highest BCUT2D eigenvalue weighted by molar-refractivity contribution is 5.32. The molecule has 1 heterocycles. The molecule has 0 aliphatic carbocycles. The van der Waals surface area contributed by atoms with Crippen LogP contribution in [0.25, 0.3) is 0 Å². The Balaban J connectivity index is 2.33. The third kappa shape index (κ3) is 1.43. The van der Waals surface area contributed by atoms with E-state index in [4.69, 9.17) is 4.74 Å². The van der Waals surface area contributed by atoms with Gasteiger partial charge in [-0.25, -0.2) is 0 Å². The maximum absolute atomic E-state index is 5.36. The van der Waals surface area contributed by atoms with Gasteiger partial charge in [-0.1, -0.05) is 24.3 Å². The van der Waals surface area contributed by atoms with Gasteiger partial charge in [0.1, 0.15) is 0 Å². The predicted octanol–water partition coefficient (Wildman–Crippen LogP) is 2.04. The summed E-state index contributed by atoms with van der Waals surface area (Å²) < 4.78 is 5.36. The van der Waals surface area contributed by atoms with Crippen molar-refractivity contribution in [1.29, 1.82) is 0 Å². The zero-order valence-corrected chi connectivity index (χ0v) is 6.34. The standard InChI is InChI=1S/C10H10O/c1-2-5-10-8-11-7-3-6-9(10)4-1/h1-2,4-5H,3,7-8H2. The first kappa shape index (κ1) is 6.86. The molecule has 1 aliphatic rings. The van der Waals surface area contributed by atoms with Gasteiger partial charge >= 0.3 is 0 Å². The minimum Gasteiger partial charge on any atom is -0.377 e. The van der Waals surface area contributed by atoms with Crippen LogP contribution < -0.4 is 0 Å². The molecule has 0 aromatic heterocycles. The fourth-order valence-electron chi connectivity index (χ4n) is 1.26. The smallest absolute Gasteiger partial charge is 0.0719 e. The molecule has 0 spiro atoms. The summed E-state index contributed by atoms with van der Waals surface area (Å²) in [5, 5.41) is 0. The average molecular weight is 146 g/mol. The van der Waals surface area contributed by atoms with Crippen molar-refractivity contribution >= 4 is 0 Å². The molecule has 0 atom stereocenters. The number of hydrogen-bond acceptors (Lipinski definition) is 1. The van der Waals surface area contributed by atoms with Crippen molar-refractivity contribution in [3.8, 4) is 0 Å². The molecule has 0 N–H and O–H groups in total. The lowest BCUT2D eigenvalue weighted by atomic mass is 10.1. The summed E-state index contributed by atoms with van der Waals surface area (Å²) in [5.41, 5.74) is 2.47. The molecule has 1 aromatic carbocycles. The van der Waals surface area contributed by atoms with Gasteiger partial charge in [-0.2, -0.15) is 0 Å². The van der Waals surface area contributed by atoms with E-state index in [0.717, 1.165) is 19.6 Å². The molecule has 56 valence electrons. The molecule has 2 radical (unpaired) electrons. The van der Waals surface area contributed by atoms with Gasteiger partial charge in [0.05, 0.1) is 6.61 Å². The van der Waals surface area contributed by atoms with E-state index >= 15 is 0 Å². The maximum Gasteiger partial charge on any atom is 0.0719 e. The van der Waals surface area contributed by atoms with E-state index in [0.29, 0.717) is 0 Å². The van der Waals surface area contributed by atoms with Gasteiger partial charge in [0, 0.05) is 13.0 Å². The minimum absolute atomic E-state index is 0.739. The second-order valence-electron chi connectivity index (χ2n) is 2.64. The molecule has 2 rings (SSSR count). The van der Waals surface area contributed by atoms with Crippen LogP contribution >= 0.6 is 0 Å².